The van der Waals surface area contributed by atoms with Crippen LogP contribution in [0, 0.1) is 0 Å². The molecule has 0 radical (unpaired) electrons. The molecule has 0 saturated carbocycles. The Bertz CT molecular complexity index is 168. The molecule has 0 amide bonds. The molecule has 6 heteroatoms. The molecule has 0 aromatic rings. The Balaban J connectivity index is 4.51. The van der Waals surface area contributed by atoms with Crippen molar-refractivity contribution >= 4 is 6.29 Å². The quantitative estimate of drug-likeness (QED) is 0.298. The average Bonchev–Trinajstić information content (AvgIpc) is 2.13. The molecule has 5 N–H and O–H groups in total. The molecule has 0 heterocycles. The van der Waals surface area contributed by atoms with Crippen molar-refractivity contribution in [3.05, 3.63) is 0 Å². The number of carbonyl (C=O) groups is 1. The van der Waals surface area contributed by atoms with E-state index >= 15 is 0 Å². The Hall–Kier alpha value is -0.530. The van der Waals surface area contributed by atoms with Crippen LogP contribution in [0.1, 0.15) is 6.92 Å². The molecule has 0 rings (SSSR count). The molecule has 0 saturated heterocycles. The van der Waals surface area contributed by atoms with Crippen LogP contribution in [-0.4, -0.2) is 62.3 Å². The van der Waals surface area contributed by atoms with E-state index in [-0.39, 0.29) is 6.29 Å². The third-order valence-corrected chi connectivity index (χ3v) is 1.91. The Labute approximate surface area is 75.1 Å². The van der Waals surface area contributed by atoms with Gasteiger partial charge in [0, 0.05) is 0 Å². The van der Waals surface area contributed by atoms with Crippen LogP contribution in [0.3, 0.4) is 0 Å². The summed E-state index contributed by atoms with van der Waals surface area (Å²) in [5.74, 6) is 0. The lowest BCUT2D eigenvalue weighted by Gasteiger charge is -2.33. The molecule has 0 aromatic heterocycles. The van der Waals surface area contributed by atoms with Crippen LogP contribution in [0.4, 0.5) is 0 Å². The Kier molecular flexibility index (Phi) is 4.45. The molecular weight excluding hydrogens is 180 g/mol. The first-order valence-corrected chi connectivity index (χ1v) is 3.70. The SMILES string of the molecule is C[C@@](O)([C@H](O)CO)[C@H](O)[C@H](O)C=O. The molecule has 0 bridgehead atoms. The Morgan fingerprint density at radius 3 is 2.15 bits per heavy atom. The van der Waals surface area contributed by atoms with Gasteiger partial charge in [-0.3, -0.25) is 0 Å². The second-order valence-electron chi connectivity index (χ2n) is 3.00. The lowest BCUT2D eigenvalue weighted by atomic mass is 9.89. The fraction of sp³-hybridized carbons (Fsp3) is 0.857. The minimum Gasteiger partial charge on any atom is -0.394 e. The molecule has 0 aliphatic carbocycles. The van der Waals surface area contributed by atoms with Crippen molar-refractivity contribution in [1.29, 1.82) is 0 Å². The highest BCUT2D eigenvalue weighted by molar-refractivity contribution is 5.57. The summed E-state index contributed by atoms with van der Waals surface area (Å²) in [6.07, 6.45) is -5.23. The van der Waals surface area contributed by atoms with Gasteiger partial charge < -0.3 is 30.3 Å². The van der Waals surface area contributed by atoms with E-state index < -0.39 is 30.5 Å². The molecule has 0 aromatic carbocycles. The third kappa shape index (κ3) is 2.71. The maximum Gasteiger partial charge on any atom is 0.151 e. The minimum absolute atomic E-state index is 0.0310. The number of rotatable bonds is 5. The summed E-state index contributed by atoms with van der Waals surface area (Å²) in [5, 5.41) is 44.9. The monoisotopic (exact) mass is 194 g/mol. The van der Waals surface area contributed by atoms with Crippen LogP contribution in [0.5, 0.6) is 0 Å². The first-order chi connectivity index (χ1) is 5.87. The van der Waals surface area contributed by atoms with Crippen LogP contribution >= 0.6 is 0 Å². The molecule has 78 valence electrons. The summed E-state index contributed by atoms with van der Waals surface area (Å²) in [6, 6.07) is 0. The van der Waals surface area contributed by atoms with Crippen molar-refractivity contribution in [2.24, 2.45) is 0 Å². The lowest BCUT2D eigenvalue weighted by Crippen LogP contribution is -2.56. The first-order valence-electron chi connectivity index (χ1n) is 3.70. The van der Waals surface area contributed by atoms with Gasteiger partial charge in [0.2, 0.25) is 0 Å². The highest BCUT2D eigenvalue weighted by atomic mass is 16.4. The summed E-state index contributed by atoms with van der Waals surface area (Å²) < 4.78 is 0. The van der Waals surface area contributed by atoms with E-state index in [0.29, 0.717) is 0 Å². The average molecular weight is 194 g/mol. The van der Waals surface area contributed by atoms with Crippen molar-refractivity contribution < 1.29 is 30.3 Å². The number of carbonyl (C=O) groups excluding carboxylic acids is 1. The zero-order valence-corrected chi connectivity index (χ0v) is 7.16. The molecule has 0 fully saturated rings. The highest BCUT2D eigenvalue weighted by Gasteiger charge is 2.41. The van der Waals surface area contributed by atoms with Crippen molar-refractivity contribution in [3.63, 3.8) is 0 Å². The van der Waals surface area contributed by atoms with Crippen molar-refractivity contribution in [2.75, 3.05) is 6.61 Å². The van der Waals surface area contributed by atoms with E-state index in [1.165, 1.54) is 0 Å². The molecule has 13 heavy (non-hydrogen) atoms. The minimum atomic E-state index is -2.13. The van der Waals surface area contributed by atoms with Crippen LogP contribution in [0.2, 0.25) is 0 Å². The first kappa shape index (κ1) is 12.5. The predicted octanol–water partition coefficient (Wildman–Crippen LogP) is -2.99. The van der Waals surface area contributed by atoms with Crippen LogP contribution in [0.25, 0.3) is 0 Å². The maximum atomic E-state index is 10.0. The van der Waals surface area contributed by atoms with Gasteiger partial charge in [-0.15, -0.1) is 0 Å². The van der Waals surface area contributed by atoms with E-state index in [1.807, 2.05) is 0 Å². The standard InChI is InChI=1S/C7H14O6/c1-7(13,5(11)3-9)6(12)4(10)2-8/h2,4-6,9-13H,3H2,1H3/t4-,5-,6-,7-/m1/s1. The van der Waals surface area contributed by atoms with Crippen molar-refractivity contribution in [1.82, 2.24) is 0 Å². The van der Waals surface area contributed by atoms with Gasteiger partial charge in [0.15, 0.2) is 6.29 Å². The zero-order chi connectivity index (χ0) is 10.6. The van der Waals surface area contributed by atoms with E-state index in [2.05, 4.69) is 0 Å². The molecule has 6 nitrogen and oxygen atoms in total. The summed E-state index contributed by atoms with van der Waals surface area (Å²) in [7, 11) is 0. The van der Waals surface area contributed by atoms with Gasteiger partial charge in [0.1, 0.15) is 23.9 Å². The molecule has 0 unspecified atom stereocenters. The van der Waals surface area contributed by atoms with E-state index in [9.17, 15) is 9.90 Å². The van der Waals surface area contributed by atoms with Gasteiger partial charge >= 0.3 is 0 Å². The van der Waals surface area contributed by atoms with Gasteiger partial charge in [-0.1, -0.05) is 0 Å². The van der Waals surface area contributed by atoms with E-state index in [1.54, 1.807) is 0 Å². The van der Waals surface area contributed by atoms with E-state index in [0.717, 1.165) is 6.92 Å². The number of hydrogen-bond donors (Lipinski definition) is 5. The number of aldehydes is 1. The third-order valence-electron chi connectivity index (χ3n) is 1.91. The van der Waals surface area contributed by atoms with Gasteiger partial charge in [-0.25, -0.2) is 0 Å². The Morgan fingerprint density at radius 1 is 1.38 bits per heavy atom. The number of hydrogen-bond acceptors (Lipinski definition) is 6. The summed E-state index contributed by atoms with van der Waals surface area (Å²) >= 11 is 0. The molecular formula is C7H14O6. The lowest BCUT2D eigenvalue weighted by molar-refractivity contribution is -0.175. The summed E-state index contributed by atoms with van der Waals surface area (Å²) in [4.78, 5) is 10.0. The second-order valence-corrected chi connectivity index (χ2v) is 3.00. The van der Waals surface area contributed by atoms with Gasteiger partial charge in [-0.2, -0.15) is 0 Å². The summed E-state index contributed by atoms with van der Waals surface area (Å²) in [5.41, 5.74) is -2.13. The molecule has 0 aliphatic heterocycles. The van der Waals surface area contributed by atoms with E-state index in [4.69, 9.17) is 20.4 Å². The second kappa shape index (κ2) is 4.64. The van der Waals surface area contributed by atoms with Gasteiger partial charge in [0.25, 0.3) is 0 Å². The molecule has 4 atom stereocenters. The van der Waals surface area contributed by atoms with Crippen LogP contribution in [0.15, 0.2) is 0 Å². The zero-order valence-electron chi connectivity index (χ0n) is 7.16. The predicted molar refractivity (Wildman–Crippen MR) is 41.8 cm³/mol. The normalized spacial score (nSPS) is 22.9. The fourth-order valence-corrected chi connectivity index (χ4v) is 0.802. The number of aliphatic hydroxyl groups is 5. The number of aliphatic hydroxyl groups excluding tert-OH is 4. The largest absolute Gasteiger partial charge is 0.394 e. The van der Waals surface area contributed by atoms with Crippen LogP contribution < -0.4 is 0 Å². The smallest absolute Gasteiger partial charge is 0.151 e. The maximum absolute atomic E-state index is 10.0. The topological polar surface area (TPSA) is 118 Å². The fourth-order valence-electron chi connectivity index (χ4n) is 0.802. The van der Waals surface area contributed by atoms with Crippen molar-refractivity contribution in [3.8, 4) is 0 Å². The van der Waals surface area contributed by atoms with Crippen LogP contribution in [-0.2, 0) is 4.79 Å². The van der Waals surface area contributed by atoms with Gasteiger partial charge in [-0.05, 0) is 6.92 Å². The Morgan fingerprint density at radius 2 is 1.85 bits per heavy atom. The molecule has 0 spiro atoms. The van der Waals surface area contributed by atoms with Gasteiger partial charge in [0.05, 0.1) is 6.61 Å². The van der Waals surface area contributed by atoms with Crippen molar-refractivity contribution in [2.45, 2.75) is 30.8 Å². The molecule has 0 aliphatic rings. The highest BCUT2D eigenvalue weighted by Crippen LogP contribution is 2.17. The summed E-state index contributed by atoms with van der Waals surface area (Å²) in [6.45, 7) is 0.223.